The minimum atomic E-state index is 0.128. The molecule has 3 heteroatoms. The van der Waals surface area contributed by atoms with Crippen LogP contribution in [0.5, 0.6) is 5.75 Å². The average Bonchev–Trinajstić information content (AvgIpc) is 2.76. The first-order valence-corrected chi connectivity index (χ1v) is 12.3. The van der Waals surface area contributed by atoms with Crippen LogP contribution in [0.1, 0.15) is 61.8 Å². The summed E-state index contributed by atoms with van der Waals surface area (Å²) in [4.78, 5) is 2.12. The molecule has 160 valence electrons. The molecule has 0 fully saturated rings. The number of rotatable bonds is 11. The molecule has 0 saturated heterocycles. The highest BCUT2D eigenvalue weighted by molar-refractivity contribution is 7.99. The van der Waals surface area contributed by atoms with Crippen LogP contribution < -0.4 is 4.90 Å². The van der Waals surface area contributed by atoms with Crippen molar-refractivity contribution in [3.63, 3.8) is 0 Å². The summed E-state index contributed by atoms with van der Waals surface area (Å²) in [5.74, 6) is 1.50. The number of hydrogen-bond donors (Lipinski definition) is 1. The van der Waals surface area contributed by atoms with E-state index in [0.29, 0.717) is 5.75 Å². The van der Waals surface area contributed by atoms with Crippen molar-refractivity contribution in [3.8, 4) is 5.75 Å². The molecule has 3 aromatic rings. The van der Waals surface area contributed by atoms with Gasteiger partial charge in [0.1, 0.15) is 5.75 Å². The Morgan fingerprint density at radius 3 is 2.27 bits per heavy atom. The number of thioether (sulfide) groups is 1. The Morgan fingerprint density at radius 1 is 0.833 bits per heavy atom. The summed E-state index contributed by atoms with van der Waals surface area (Å²) in [5, 5.41) is 13.3. The first-order chi connectivity index (χ1) is 14.6. The molecule has 0 heterocycles. The van der Waals surface area contributed by atoms with E-state index >= 15 is 0 Å². The van der Waals surface area contributed by atoms with Crippen LogP contribution >= 0.6 is 11.8 Å². The summed E-state index contributed by atoms with van der Waals surface area (Å²) in [7, 11) is 4.13. The van der Waals surface area contributed by atoms with Gasteiger partial charge in [-0.15, -0.1) is 11.8 Å². The molecule has 0 aromatic heterocycles. The predicted octanol–water partition coefficient (Wildman–Crippen LogP) is 7.79. The van der Waals surface area contributed by atoms with Gasteiger partial charge in [-0.3, -0.25) is 0 Å². The highest BCUT2D eigenvalue weighted by Gasteiger charge is 2.21. The second-order valence-corrected chi connectivity index (χ2v) is 9.44. The van der Waals surface area contributed by atoms with Gasteiger partial charge in [-0.1, -0.05) is 81.5 Å². The van der Waals surface area contributed by atoms with E-state index in [1.54, 1.807) is 0 Å². The number of aromatic hydroxyl groups is 1. The maximum atomic E-state index is 10.9. The zero-order chi connectivity index (χ0) is 21.3. The molecule has 30 heavy (non-hydrogen) atoms. The Morgan fingerprint density at radius 2 is 1.53 bits per heavy atom. The molecule has 1 atom stereocenters. The highest BCUT2D eigenvalue weighted by atomic mass is 32.2. The molecule has 1 N–H and O–H groups in total. The van der Waals surface area contributed by atoms with Crippen molar-refractivity contribution >= 4 is 28.2 Å². The van der Waals surface area contributed by atoms with Crippen LogP contribution in [0.15, 0.2) is 60.7 Å². The lowest BCUT2D eigenvalue weighted by Gasteiger charge is -2.22. The molecule has 0 aliphatic heterocycles. The van der Waals surface area contributed by atoms with Crippen LogP contribution in [0.25, 0.3) is 10.8 Å². The average molecular weight is 422 g/mol. The smallest absolute Gasteiger partial charge is 0.120 e. The van der Waals surface area contributed by atoms with E-state index in [4.69, 9.17) is 0 Å². The molecule has 0 bridgehead atoms. The molecule has 1 unspecified atom stereocenters. The second-order valence-electron chi connectivity index (χ2n) is 8.22. The third-order valence-corrected chi connectivity index (χ3v) is 7.07. The first-order valence-electron chi connectivity index (χ1n) is 11.2. The number of nitrogens with zero attached hydrogens (tertiary/aromatic N) is 1. The second kappa shape index (κ2) is 11.3. The summed E-state index contributed by atoms with van der Waals surface area (Å²) in [6.07, 6.45) is 7.84. The normalized spacial score (nSPS) is 12.2. The molecule has 0 radical (unpaired) electrons. The molecule has 3 rings (SSSR count). The third kappa shape index (κ3) is 5.72. The fourth-order valence-corrected chi connectivity index (χ4v) is 5.31. The monoisotopic (exact) mass is 421 g/mol. The first kappa shape index (κ1) is 22.6. The SMILES string of the molecule is CCCCCCCCSC(c1ccc(N(C)C)cc1)c1c(O)ccc2ccccc12. The van der Waals surface area contributed by atoms with Gasteiger partial charge in [0, 0.05) is 25.3 Å². The van der Waals surface area contributed by atoms with E-state index in [0.717, 1.165) is 16.7 Å². The fourth-order valence-electron chi connectivity index (χ4n) is 3.94. The topological polar surface area (TPSA) is 23.5 Å². The molecule has 0 saturated carbocycles. The van der Waals surface area contributed by atoms with E-state index in [1.807, 2.05) is 23.9 Å². The Bertz CT molecular complexity index is 920. The van der Waals surface area contributed by atoms with Crippen molar-refractivity contribution in [1.82, 2.24) is 0 Å². The molecule has 0 amide bonds. The zero-order valence-corrected chi connectivity index (χ0v) is 19.4. The molecule has 3 aromatic carbocycles. The minimum Gasteiger partial charge on any atom is -0.508 e. The van der Waals surface area contributed by atoms with Gasteiger partial charge in [-0.25, -0.2) is 0 Å². The highest BCUT2D eigenvalue weighted by Crippen LogP contribution is 2.44. The van der Waals surface area contributed by atoms with Crippen LogP contribution in [0.4, 0.5) is 5.69 Å². The van der Waals surface area contributed by atoms with Gasteiger partial charge in [0.05, 0.1) is 5.25 Å². The van der Waals surface area contributed by atoms with Gasteiger partial charge >= 0.3 is 0 Å². The van der Waals surface area contributed by atoms with Crippen molar-refractivity contribution in [2.24, 2.45) is 0 Å². The van der Waals surface area contributed by atoms with Crippen molar-refractivity contribution in [3.05, 3.63) is 71.8 Å². The van der Waals surface area contributed by atoms with Crippen molar-refractivity contribution in [2.45, 2.75) is 50.7 Å². The van der Waals surface area contributed by atoms with E-state index in [2.05, 4.69) is 74.4 Å². The number of anilines is 1. The largest absolute Gasteiger partial charge is 0.508 e. The Labute approximate surface area is 186 Å². The summed E-state index contributed by atoms with van der Waals surface area (Å²) < 4.78 is 0. The number of fused-ring (bicyclic) bond motifs is 1. The Balaban J connectivity index is 1.86. The molecular formula is C27H35NOS. The summed E-state index contributed by atoms with van der Waals surface area (Å²) >= 11 is 1.96. The van der Waals surface area contributed by atoms with Gasteiger partial charge in [0.25, 0.3) is 0 Å². The van der Waals surface area contributed by atoms with Crippen LogP contribution in [-0.2, 0) is 0 Å². The number of benzene rings is 3. The van der Waals surface area contributed by atoms with Crippen LogP contribution in [-0.4, -0.2) is 25.0 Å². The number of hydrogen-bond acceptors (Lipinski definition) is 3. The molecule has 2 nitrogen and oxygen atoms in total. The van der Waals surface area contributed by atoms with E-state index in [9.17, 15) is 5.11 Å². The van der Waals surface area contributed by atoms with Gasteiger partial charge in [-0.05, 0) is 46.7 Å². The predicted molar refractivity (Wildman–Crippen MR) is 134 cm³/mol. The number of unbranched alkanes of at least 4 members (excludes halogenated alkanes) is 5. The van der Waals surface area contributed by atoms with E-state index < -0.39 is 0 Å². The summed E-state index contributed by atoms with van der Waals surface area (Å²) in [5.41, 5.74) is 3.49. The maximum Gasteiger partial charge on any atom is 0.120 e. The van der Waals surface area contributed by atoms with Crippen LogP contribution in [0, 0.1) is 0 Å². The molecule has 0 aliphatic rings. The summed E-state index contributed by atoms with van der Waals surface area (Å²) in [6, 6.07) is 21.0. The molecular weight excluding hydrogens is 386 g/mol. The lowest BCUT2D eigenvalue weighted by Crippen LogP contribution is -2.08. The number of phenols is 1. The van der Waals surface area contributed by atoms with Gasteiger partial charge in [0.15, 0.2) is 0 Å². The quantitative estimate of drug-likeness (QED) is 0.320. The fraction of sp³-hybridized carbons (Fsp3) is 0.407. The Hall–Kier alpha value is -2.13. The minimum absolute atomic E-state index is 0.128. The van der Waals surface area contributed by atoms with Gasteiger partial charge < -0.3 is 10.0 Å². The van der Waals surface area contributed by atoms with Crippen molar-refractivity contribution in [1.29, 1.82) is 0 Å². The van der Waals surface area contributed by atoms with Crippen molar-refractivity contribution < 1.29 is 5.11 Å². The lowest BCUT2D eigenvalue weighted by atomic mass is 9.96. The lowest BCUT2D eigenvalue weighted by molar-refractivity contribution is 0.470. The summed E-state index contributed by atoms with van der Waals surface area (Å²) in [6.45, 7) is 2.26. The Kier molecular flexibility index (Phi) is 8.50. The zero-order valence-electron chi connectivity index (χ0n) is 18.6. The molecule has 0 aliphatic carbocycles. The third-order valence-electron chi connectivity index (χ3n) is 5.70. The maximum absolute atomic E-state index is 10.9. The van der Waals surface area contributed by atoms with Crippen LogP contribution in [0.3, 0.4) is 0 Å². The number of phenolic OH excluding ortho intramolecular Hbond substituents is 1. The van der Waals surface area contributed by atoms with Gasteiger partial charge in [0.2, 0.25) is 0 Å². The standard InChI is InChI=1S/C27H35NOS/c1-4-5-6-7-8-11-20-30-27(22-14-17-23(18-15-22)28(2)3)26-24-13-10-9-12-21(24)16-19-25(26)29/h9-10,12-19,27,29H,4-8,11,20H2,1-3H3. The van der Waals surface area contributed by atoms with Crippen molar-refractivity contribution in [2.75, 3.05) is 24.7 Å². The van der Waals surface area contributed by atoms with Gasteiger partial charge in [-0.2, -0.15) is 0 Å². The van der Waals surface area contributed by atoms with Crippen LogP contribution in [0.2, 0.25) is 0 Å². The van der Waals surface area contributed by atoms with E-state index in [-0.39, 0.29) is 5.25 Å². The van der Waals surface area contributed by atoms with E-state index in [1.165, 1.54) is 55.2 Å². The molecule has 0 spiro atoms.